The minimum Gasteiger partial charge on any atom is -0.370 e. The zero-order valence-electron chi connectivity index (χ0n) is 15.9. The van der Waals surface area contributed by atoms with E-state index >= 15 is 0 Å². The zero-order valence-corrected chi connectivity index (χ0v) is 17.5. The van der Waals surface area contributed by atoms with Crippen LogP contribution >= 0.6 is 15.9 Å². The first-order valence-corrected chi connectivity index (χ1v) is 10.3. The van der Waals surface area contributed by atoms with Crippen molar-refractivity contribution in [1.29, 1.82) is 0 Å². The lowest BCUT2D eigenvalue weighted by Crippen LogP contribution is -2.48. The van der Waals surface area contributed by atoms with E-state index < -0.39 is 0 Å². The van der Waals surface area contributed by atoms with Crippen LogP contribution in [0.5, 0.6) is 0 Å². The van der Waals surface area contributed by atoms with E-state index in [-0.39, 0.29) is 5.91 Å². The molecule has 0 aliphatic carbocycles. The van der Waals surface area contributed by atoms with Gasteiger partial charge >= 0.3 is 0 Å². The molecule has 0 spiro atoms. The number of nitrogens with one attached hydrogen (secondary N) is 1. The van der Waals surface area contributed by atoms with Crippen LogP contribution in [0.3, 0.4) is 0 Å². The van der Waals surface area contributed by atoms with Crippen LogP contribution in [0.15, 0.2) is 33.7 Å². The van der Waals surface area contributed by atoms with Crippen molar-refractivity contribution in [2.45, 2.75) is 39.0 Å². The molecular formula is C20H31BrN4O. The van der Waals surface area contributed by atoms with Gasteiger partial charge in [-0.05, 0) is 48.8 Å². The van der Waals surface area contributed by atoms with Gasteiger partial charge in [0.25, 0.3) is 0 Å². The molecule has 2 atom stereocenters. The van der Waals surface area contributed by atoms with Gasteiger partial charge < -0.3 is 16.0 Å². The number of aliphatic imine (C=N–C) groups is 1. The Bertz CT molecular complexity index is 620. The lowest BCUT2D eigenvalue weighted by molar-refractivity contribution is -0.119. The van der Waals surface area contributed by atoms with E-state index in [1.165, 1.54) is 5.56 Å². The van der Waals surface area contributed by atoms with Gasteiger partial charge in [-0.3, -0.25) is 9.79 Å². The highest BCUT2D eigenvalue weighted by molar-refractivity contribution is 9.10. The Kier molecular flexibility index (Phi) is 8.42. The van der Waals surface area contributed by atoms with Gasteiger partial charge in [-0.1, -0.05) is 41.4 Å². The van der Waals surface area contributed by atoms with Crippen molar-refractivity contribution in [3.63, 3.8) is 0 Å². The number of hydrogen-bond donors (Lipinski definition) is 2. The lowest BCUT2D eigenvalue weighted by atomic mass is 9.94. The molecule has 6 heteroatoms. The number of amides is 1. The quantitative estimate of drug-likeness (QED) is 0.523. The van der Waals surface area contributed by atoms with E-state index in [1.807, 2.05) is 7.05 Å². The van der Waals surface area contributed by atoms with E-state index in [2.05, 4.69) is 62.3 Å². The Morgan fingerprint density at radius 1 is 1.50 bits per heavy atom. The highest BCUT2D eigenvalue weighted by atomic mass is 79.9. The summed E-state index contributed by atoms with van der Waals surface area (Å²) in [4.78, 5) is 17.9. The third-order valence-electron chi connectivity index (χ3n) is 5.06. The first-order valence-electron chi connectivity index (χ1n) is 9.50. The average molecular weight is 423 g/mol. The normalized spacial score (nSPS) is 19.3. The number of piperidine rings is 1. The molecule has 0 aromatic heterocycles. The van der Waals surface area contributed by atoms with Gasteiger partial charge in [0.05, 0.1) is 0 Å². The monoisotopic (exact) mass is 422 g/mol. The molecule has 5 nitrogen and oxygen atoms in total. The van der Waals surface area contributed by atoms with Crippen LogP contribution in [-0.2, 0) is 11.2 Å². The average Bonchev–Trinajstić information content (AvgIpc) is 2.61. The highest BCUT2D eigenvalue weighted by Gasteiger charge is 2.23. The number of nitrogens with zero attached hydrogens (tertiary/aromatic N) is 2. The number of halogens is 1. The number of nitrogens with two attached hydrogens (primary N) is 1. The summed E-state index contributed by atoms with van der Waals surface area (Å²) in [6.07, 6.45) is 4.77. The van der Waals surface area contributed by atoms with Crippen molar-refractivity contribution in [1.82, 2.24) is 10.2 Å². The van der Waals surface area contributed by atoms with Crippen molar-refractivity contribution in [2.75, 3.05) is 26.7 Å². The van der Waals surface area contributed by atoms with Crippen LogP contribution in [0.2, 0.25) is 0 Å². The highest BCUT2D eigenvalue weighted by Crippen LogP contribution is 2.20. The van der Waals surface area contributed by atoms with Crippen molar-refractivity contribution < 1.29 is 4.79 Å². The maximum absolute atomic E-state index is 11.2. The van der Waals surface area contributed by atoms with Gasteiger partial charge in [-0.2, -0.15) is 0 Å². The SMILES string of the molecule is CCC(CNC(=NC)N1CCCC(CC(N)=O)C1)Cc1cccc(Br)c1. The van der Waals surface area contributed by atoms with Crippen molar-refractivity contribution in [3.8, 4) is 0 Å². The van der Waals surface area contributed by atoms with Gasteiger partial charge in [-0.25, -0.2) is 0 Å². The van der Waals surface area contributed by atoms with E-state index in [0.717, 1.165) is 55.7 Å². The third-order valence-corrected chi connectivity index (χ3v) is 5.55. The zero-order chi connectivity index (χ0) is 18.9. The summed E-state index contributed by atoms with van der Waals surface area (Å²) in [6, 6.07) is 8.52. The molecule has 1 fully saturated rings. The topological polar surface area (TPSA) is 70.7 Å². The molecule has 0 bridgehead atoms. The van der Waals surface area contributed by atoms with E-state index in [1.54, 1.807) is 0 Å². The Hall–Kier alpha value is -1.56. The number of likely N-dealkylation sites (tertiary alicyclic amines) is 1. The number of carbonyl (C=O) groups excluding carboxylic acids is 1. The fourth-order valence-corrected chi connectivity index (χ4v) is 4.08. The molecule has 1 aliphatic rings. The summed E-state index contributed by atoms with van der Waals surface area (Å²) in [5, 5.41) is 3.55. The first-order chi connectivity index (χ1) is 12.5. The molecule has 1 amide bonds. The lowest BCUT2D eigenvalue weighted by Gasteiger charge is -2.35. The molecule has 26 heavy (non-hydrogen) atoms. The van der Waals surface area contributed by atoms with Crippen LogP contribution in [0, 0.1) is 11.8 Å². The van der Waals surface area contributed by atoms with Crippen molar-refractivity contribution in [3.05, 3.63) is 34.3 Å². The summed E-state index contributed by atoms with van der Waals surface area (Å²) in [5.74, 6) is 1.61. The molecule has 1 heterocycles. The predicted octanol–water partition coefficient (Wildman–Crippen LogP) is 3.18. The van der Waals surface area contributed by atoms with Gasteiger partial charge in [-0.15, -0.1) is 0 Å². The van der Waals surface area contributed by atoms with Crippen molar-refractivity contribution in [2.24, 2.45) is 22.6 Å². The fraction of sp³-hybridized carbons (Fsp3) is 0.600. The Balaban J connectivity index is 1.89. The van der Waals surface area contributed by atoms with Crippen LogP contribution in [0.1, 0.15) is 38.2 Å². The maximum atomic E-state index is 11.2. The number of benzene rings is 1. The first kappa shape index (κ1) is 20.7. The largest absolute Gasteiger partial charge is 0.370 e. The van der Waals surface area contributed by atoms with Crippen molar-refractivity contribution >= 4 is 27.8 Å². The predicted molar refractivity (Wildman–Crippen MR) is 111 cm³/mol. The standard InChI is InChI=1S/C20H31BrN4O/c1-3-15(10-16-6-4-8-18(21)11-16)13-24-20(23-2)25-9-5-7-17(14-25)12-19(22)26/h4,6,8,11,15,17H,3,5,7,9-10,12-14H2,1-2H3,(H2,22,26)(H,23,24). The Morgan fingerprint density at radius 3 is 2.96 bits per heavy atom. The summed E-state index contributed by atoms with van der Waals surface area (Å²) in [7, 11) is 1.83. The fourth-order valence-electron chi connectivity index (χ4n) is 3.63. The molecule has 3 N–H and O–H groups in total. The number of guanidine groups is 1. The van der Waals surface area contributed by atoms with Crippen LogP contribution < -0.4 is 11.1 Å². The number of carbonyl (C=O) groups is 1. The molecule has 2 rings (SSSR count). The van der Waals surface area contributed by atoms with Gasteiger partial charge in [0, 0.05) is 37.6 Å². The second kappa shape index (κ2) is 10.6. The summed E-state index contributed by atoms with van der Waals surface area (Å²) < 4.78 is 1.13. The van der Waals surface area contributed by atoms with E-state index in [0.29, 0.717) is 18.3 Å². The summed E-state index contributed by atoms with van der Waals surface area (Å²) >= 11 is 3.55. The summed E-state index contributed by atoms with van der Waals surface area (Å²) in [5.41, 5.74) is 6.72. The minimum absolute atomic E-state index is 0.208. The van der Waals surface area contributed by atoms with E-state index in [9.17, 15) is 4.79 Å². The number of hydrogen-bond acceptors (Lipinski definition) is 2. The Morgan fingerprint density at radius 2 is 2.31 bits per heavy atom. The molecule has 144 valence electrons. The maximum Gasteiger partial charge on any atom is 0.217 e. The molecule has 1 saturated heterocycles. The Labute approximate surface area is 165 Å². The molecule has 1 aliphatic heterocycles. The van der Waals surface area contributed by atoms with Crippen LogP contribution in [0.25, 0.3) is 0 Å². The smallest absolute Gasteiger partial charge is 0.217 e. The second-order valence-corrected chi connectivity index (χ2v) is 8.08. The van der Waals surface area contributed by atoms with E-state index in [4.69, 9.17) is 5.73 Å². The molecule has 0 saturated carbocycles. The van der Waals surface area contributed by atoms with Gasteiger partial charge in [0.2, 0.25) is 5.91 Å². The number of primary amides is 1. The second-order valence-electron chi connectivity index (χ2n) is 7.16. The molecule has 2 unspecified atom stereocenters. The van der Waals surface area contributed by atoms with Gasteiger partial charge in [0.1, 0.15) is 0 Å². The molecule has 1 aromatic rings. The molecular weight excluding hydrogens is 392 g/mol. The van der Waals surface area contributed by atoms with Crippen LogP contribution in [-0.4, -0.2) is 43.4 Å². The number of rotatable bonds is 7. The summed E-state index contributed by atoms with van der Waals surface area (Å²) in [6.45, 7) is 4.96. The van der Waals surface area contributed by atoms with Crippen LogP contribution in [0.4, 0.5) is 0 Å². The molecule has 1 aromatic carbocycles. The minimum atomic E-state index is -0.208. The van der Waals surface area contributed by atoms with Gasteiger partial charge in [0.15, 0.2) is 5.96 Å². The molecule has 0 radical (unpaired) electrons. The third kappa shape index (κ3) is 6.63.